The molecule has 0 aromatic heterocycles. The van der Waals surface area contributed by atoms with Crippen LogP contribution in [0.2, 0.25) is 0 Å². The highest BCUT2D eigenvalue weighted by Crippen LogP contribution is 1.90. The van der Waals surface area contributed by atoms with Gasteiger partial charge in [0.1, 0.15) is 9.84 Å². The Bertz CT molecular complexity index is 322. The predicted octanol–water partition coefficient (Wildman–Crippen LogP) is -0.598. The molecule has 0 saturated heterocycles. The average molecular weight is 237 g/mol. The van der Waals surface area contributed by atoms with Gasteiger partial charge in [-0.3, -0.25) is 9.59 Å². The molecule has 0 aromatic rings. The zero-order chi connectivity index (χ0) is 11.9. The van der Waals surface area contributed by atoms with Crippen LogP contribution < -0.4 is 5.32 Å². The minimum atomic E-state index is -3.12. The molecular weight excluding hydrogens is 222 g/mol. The molecule has 0 rings (SSSR count). The highest BCUT2D eigenvalue weighted by molar-refractivity contribution is 7.90. The Labute approximate surface area is 88.6 Å². The normalized spacial score (nSPS) is 11.0. The second-order valence-corrected chi connectivity index (χ2v) is 5.49. The number of hydrogen-bond acceptors (Lipinski definition) is 4. The molecule has 0 heterocycles. The second kappa shape index (κ2) is 6.39. The van der Waals surface area contributed by atoms with Crippen LogP contribution in [0.15, 0.2) is 0 Å². The molecule has 7 heteroatoms. The topological polar surface area (TPSA) is 101 Å². The summed E-state index contributed by atoms with van der Waals surface area (Å²) in [5.74, 6) is -1.47. The lowest BCUT2D eigenvalue weighted by atomic mass is 10.3. The summed E-state index contributed by atoms with van der Waals surface area (Å²) in [5.41, 5.74) is 0. The molecule has 0 aliphatic heterocycles. The molecule has 2 N–H and O–H groups in total. The largest absolute Gasteiger partial charge is 0.481 e. The highest BCUT2D eigenvalue weighted by Gasteiger charge is 2.07. The molecule has 0 aromatic carbocycles. The van der Waals surface area contributed by atoms with E-state index in [0.29, 0.717) is 6.42 Å². The molecule has 0 fully saturated rings. The van der Waals surface area contributed by atoms with Crippen molar-refractivity contribution in [1.29, 1.82) is 0 Å². The lowest BCUT2D eigenvalue weighted by molar-refractivity contribution is -0.137. The number of nitrogens with one attached hydrogen (secondary N) is 1. The van der Waals surface area contributed by atoms with Crippen molar-refractivity contribution < 1.29 is 23.1 Å². The van der Waals surface area contributed by atoms with Gasteiger partial charge in [0.05, 0.1) is 5.75 Å². The van der Waals surface area contributed by atoms with Crippen LogP contribution in [-0.4, -0.2) is 44.0 Å². The zero-order valence-corrected chi connectivity index (χ0v) is 9.34. The number of carboxylic acid groups (broad SMARTS) is 1. The van der Waals surface area contributed by atoms with Crippen LogP contribution in [0.4, 0.5) is 0 Å². The first-order chi connectivity index (χ1) is 6.81. The average Bonchev–Trinajstić information content (AvgIpc) is 2.07. The SMILES string of the molecule is CS(=O)(=O)CCC(=O)NCCCC(=O)O. The quantitative estimate of drug-likeness (QED) is 0.576. The Morgan fingerprint density at radius 2 is 1.87 bits per heavy atom. The van der Waals surface area contributed by atoms with E-state index in [9.17, 15) is 18.0 Å². The molecule has 0 atom stereocenters. The van der Waals surface area contributed by atoms with Crippen LogP contribution in [0.1, 0.15) is 19.3 Å². The van der Waals surface area contributed by atoms with E-state index in [1.807, 2.05) is 0 Å². The number of carboxylic acids is 1. The maximum atomic E-state index is 11.0. The van der Waals surface area contributed by atoms with Crippen molar-refractivity contribution in [3.63, 3.8) is 0 Å². The molecule has 6 nitrogen and oxygen atoms in total. The molecule has 0 spiro atoms. The monoisotopic (exact) mass is 237 g/mol. The van der Waals surface area contributed by atoms with Gasteiger partial charge >= 0.3 is 5.97 Å². The first kappa shape index (κ1) is 13.9. The smallest absolute Gasteiger partial charge is 0.303 e. The molecular formula is C8H15NO5S. The Morgan fingerprint density at radius 3 is 2.33 bits per heavy atom. The van der Waals surface area contributed by atoms with Crippen molar-refractivity contribution in [3.05, 3.63) is 0 Å². The molecule has 1 amide bonds. The lowest BCUT2D eigenvalue weighted by Gasteiger charge is -2.02. The van der Waals surface area contributed by atoms with Crippen molar-refractivity contribution in [2.75, 3.05) is 18.6 Å². The van der Waals surface area contributed by atoms with E-state index in [4.69, 9.17) is 5.11 Å². The molecule has 15 heavy (non-hydrogen) atoms. The summed E-state index contributed by atoms with van der Waals surface area (Å²) in [4.78, 5) is 21.1. The minimum absolute atomic E-state index is 0.00758. The van der Waals surface area contributed by atoms with E-state index < -0.39 is 15.8 Å². The minimum Gasteiger partial charge on any atom is -0.481 e. The molecule has 0 aliphatic carbocycles. The van der Waals surface area contributed by atoms with Crippen LogP contribution in [0.25, 0.3) is 0 Å². The molecule has 0 saturated carbocycles. The Morgan fingerprint density at radius 1 is 1.27 bits per heavy atom. The van der Waals surface area contributed by atoms with Gasteiger partial charge in [-0.2, -0.15) is 0 Å². The van der Waals surface area contributed by atoms with E-state index in [-0.39, 0.29) is 31.0 Å². The van der Waals surface area contributed by atoms with Gasteiger partial charge in [0, 0.05) is 25.6 Å². The van der Waals surface area contributed by atoms with Gasteiger partial charge in [-0.15, -0.1) is 0 Å². The first-order valence-corrected chi connectivity index (χ1v) is 6.53. The van der Waals surface area contributed by atoms with Gasteiger partial charge in [0.15, 0.2) is 0 Å². The van der Waals surface area contributed by atoms with Gasteiger partial charge in [0.25, 0.3) is 0 Å². The molecule has 0 aliphatic rings. The van der Waals surface area contributed by atoms with E-state index in [0.717, 1.165) is 6.26 Å². The van der Waals surface area contributed by atoms with Crippen LogP contribution in [-0.2, 0) is 19.4 Å². The Balaban J connectivity index is 3.55. The molecule has 0 bridgehead atoms. The van der Waals surface area contributed by atoms with Crippen molar-refractivity contribution in [2.45, 2.75) is 19.3 Å². The third-order valence-corrected chi connectivity index (χ3v) is 2.54. The van der Waals surface area contributed by atoms with Crippen LogP contribution in [0.3, 0.4) is 0 Å². The molecule has 0 unspecified atom stereocenters. The summed E-state index contributed by atoms with van der Waals surface area (Å²) in [6, 6.07) is 0. The van der Waals surface area contributed by atoms with Gasteiger partial charge in [0.2, 0.25) is 5.91 Å². The molecule has 0 radical (unpaired) electrons. The summed E-state index contributed by atoms with van der Waals surface area (Å²) in [7, 11) is -3.12. The second-order valence-electron chi connectivity index (χ2n) is 3.23. The van der Waals surface area contributed by atoms with E-state index in [1.165, 1.54) is 0 Å². The van der Waals surface area contributed by atoms with E-state index in [1.54, 1.807) is 0 Å². The van der Waals surface area contributed by atoms with Crippen LogP contribution in [0, 0.1) is 0 Å². The third-order valence-electron chi connectivity index (χ3n) is 1.59. The van der Waals surface area contributed by atoms with E-state index in [2.05, 4.69) is 5.32 Å². The first-order valence-electron chi connectivity index (χ1n) is 4.47. The van der Waals surface area contributed by atoms with Crippen molar-refractivity contribution in [3.8, 4) is 0 Å². The summed E-state index contributed by atoms with van der Waals surface area (Å²) in [6.07, 6.45) is 1.32. The Kier molecular flexibility index (Phi) is 5.92. The molecule has 88 valence electrons. The van der Waals surface area contributed by atoms with Gasteiger partial charge in [-0.05, 0) is 6.42 Å². The lowest BCUT2D eigenvalue weighted by Crippen LogP contribution is -2.26. The number of rotatable bonds is 7. The number of carbonyl (C=O) groups excluding carboxylic acids is 1. The number of hydrogen-bond donors (Lipinski definition) is 2. The van der Waals surface area contributed by atoms with Crippen molar-refractivity contribution in [1.82, 2.24) is 5.32 Å². The number of aliphatic carboxylic acids is 1. The van der Waals surface area contributed by atoms with Crippen molar-refractivity contribution in [2.24, 2.45) is 0 Å². The fourth-order valence-electron chi connectivity index (χ4n) is 0.834. The van der Waals surface area contributed by atoms with Crippen molar-refractivity contribution >= 4 is 21.7 Å². The predicted molar refractivity (Wildman–Crippen MR) is 54.2 cm³/mol. The summed E-state index contributed by atoms with van der Waals surface area (Å²) >= 11 is 0. The number of sulfone groups is 1. The van der Waals surface area contributed by atoms with E-state index >= 15 is 0 Å². The highest BCUT2D eigenvalue weighted by atomic mass is 32.2. The number of carbonyl (C=O) groups is 2. The van der Waals surface area contributed by atoms with Crippen LogP contribution >= 0.6 is 0 Å². The zero-order valence-electron chi connectivity index (χ0n) is 8.52. The summed E-state index contributed by atoms with van der Waals surface area (Å²) in [6.45, 7) is 0.259. The maximum Gasteiger partial charge on any atom is 0.303 e. The van der Waals surface area contributed by atoms with Gasteiger partial charge in [-0.1, -0.05) is 0 Å². The third kappa shape index (κ3) is 10.8. The fraction of sp³-hybridized carbons (Fsp3) is 0.750. The summed E-state index contributed by atoms with van der Waals surface area (Å²) < 4.78 is 21.4. The standard InChI is InChI=1S/C8H15NO5S/c1-15(13,14)6-4-7(10)9-5-2-3-8(11)12/h2-6H2,1H3,(H,9,10)(H,11,12). The number of amides is 1. The van der Waals surface area contributed by atoms with Gasteiger partial charge < -0.3 is 10.4 Å². The maximum absolute atomic E-state index is 11.0. The Hall–Kier alpha value is -1.11. The summed E-state index contributed by atoms with van der Waals surface area (Å²) in [5, 5.41) is 10.7. The van der Waals surface area contributed by atoms with Crippen LogP contribution in [0.5, 0.6) is 0 Å². The fourth-order valence-corrected chi connectivity index (χ4v) is 1.39. The van der Waals surface area contributed by atoms with Gasteiger partial charge in [-0.25, -0.2) is 8.42 Å².